The fourth-order valence-electron chi connectivity index (χ4n) is 2.96. The van der Waals surface area contributed by atoms with Gasteiger partial charge >= 0.3 is 0 Å². The highest BCUT2D eigenvalue weighted by Gasteiger charge is 2.13. The zero-order valence-corrected chi connectivity index (χ0v) is 13.3. The molecule has 0 atom stereocenters. The van der Waals surface area contributed by atoms with Crippen molar-refractivity contribution >= 4 is 0 Å². The van der Waals surface area contributed by atoms with Crippen molar-refractivity contribution in [2.24, 2.45) is 0 Å². The van der Waals surface area contributed by atoms with Crippen LogP contribution in [-0.4, -0.2) is 9.55 Å². The molecule has 1 aromatic heterocycles. The van der Waals surface area contributed by atoms with Crippen LogP contribution in [-0.2, 0) is 6.54 Å². The SMILES string of the molecule is c1ccc(Cn2c(-c3ccccc3)cnc2-c2ccccc2)cc1. The molecule has 1 heterocycles. The molecule has 2 nitrogen and oxygen atoms in total. The van der Waals surface area contributed by atoms with Crippen molar-refractivity contribution in [1.29, 1.82) is 0 Å². The quantitative estimate of drug-likeness (QED) is 0.502. The van der Waals surface area contributed by atoms with Crippen molar-refractivity contribution in [2.45, 2.75) is 6.54 Å². The van der Waals surface area contributed by atoms with E-state index >= 15 is 0 Å². The first-order valence-electron chi connectivity index (χ1n) is 8.12. The van der Waals surface area contributed by atoms with E-state index in [0.29, 0.717) is 0 Å². The first-order valence-corrected chi connectivity index (χ1v) is 8.12. The summed E-state index contributed by atoms with van der Waals surface area (Å²) in [4.78, 5) is 4.72. The molecular formula is C22H18N2. The number of benzene rings is 3. The summed E-state index contributed by atoms with van der Waals surface area (Å²) < 4.78 is 2.29. The predicted molar refractivity (Wildman–Crippen MR) is 98.6 cm³/mol. The average Bonchev–Trinajstić information content (AvgIpc) is 3.07. The summed E-state index contributed by atoms with van der Waals surface area (Å²) in [6.07, 6.45) is 1.97. The number of rotatable bonds is 4. The van der Waals surface area contributed by atoms with Gasteiger partial charge < -0.3 is 4.57 Å². The minimum absolute atomic E-state index is 0.801. The summed E-state index contributed by atoms with van der Waals surface area (Å²) in [5, 5.41) is 0. The van der Waals surface area contributed by atoms with Gasteiger partial charge in [-0.1, -0.05) is 91.0 Å². The lowest BCUT2D eigenvalue weighted by atomic mass is 10.1. The van der Waals surface area contributed by atoms with Crippen molar-refractivity contribution < 1.29 is 0 Å². The van der Waals surface area contributed by atoms with Crippen LogP contribution in [0.3, 0.4) is 0 Å². The van der Waals surface area contributed by atoms with Crippen molar-refractivity contribution in [1.82, 2.24) is 9.55 Å². The van der Waals surface area contributed by atoms with Crippen LogP contribution in [0.5, 0.6) is 0 Å². The molecule has 2 heteroatoms. The average molecular weight is 310 g/mol. The van der Waals surface area contributed by atoms with Crippen LogP contribution in [0, 0.1) is 0 Å². The van der Waals surface area contributed by atoms with Gasteiger partial charge in [0, 0.05) is 12.1 Å². The van der Waals surface area contributed by atoms with Gasteiger partial charge in [0.05, 0.1) is 11.9 Å². The summed E-state index contributed by atoms with van der Waals surface area (Å²) >= 11 is 0. The maximum Gasteiger partial charge on any atom is 0.140 e. The molecule has 116 valence electrons. The highest BCUT2D eigenvalue weighted by Crippen LogP contribution is 2.27. The molecule has 4 rings (SSSR count). The highest BCUT2D eigenvalue weighted by molar-refractivity contribution is 5.66. The van der Waals surface area contributed by atoms with E-state index in [-0.39, 0.29) is 0 Å². The number of hydrogen-bond donors (Lipinski definition) is 0. The number of nitrogens with zero attached hydrogens (tertiary/aromatic N) is 2. The van der Waals surface area contributed by atoms with Gasteiger partial charge in [-0.3, -0.25) is 0 Å². The maximum atomic E-state index is 4.72. The van der Waals surface area contributed by atoms with Gasteiger partial charge in [0.25, 0.3) is 0 Å². The van der Waals surface area contributed by atoms with Gasteiger partial charge in [0.15, 0.2) is 0 Å². The second-order valence-electron chi connectivity index (χ2n) is 5.77. The summed E-state index contributed by atoms with van der Waals surface area (Å²) in [5.74, 6) is 0.998. The Kier molecular flexibility index (Phi) is 3.95. The van der Waals surface area contributed by atoms with Crippen LogP contribution in [0.25, 0.3) is 22.6 Å². The summed E-state index contributed by atoms with van der Waals surface area (Å²) in [7, 11) is 0. The molecule has 0 saturated heterocycles. The molecule has 0 aliphatic carbocycles. The van der Waals surface area contributed by atoms with Crippen LogP contribution < -0.4 is 0 Å². The molecule has 0 bridgehead atoms. The van der Waals surface area contributed by atoms with E-state index in [1.54, 1.807) is 0 Å². The van der Waals surface area contributed by atoms with Crippen molar-refractivity contribution in [2.75, 3.05) is 0 Å². The van der Waals surface area contributed by atoms with Gasteiger partial charge in [-0.15, -0.1) is 0 Å². The molecule has 0 N–H and O–H groups in total. The molecule has 3 aromatic carbocycles. The molecule has 0 unspecified atom stereocenters. The van der Waals surface area contributed by atoms with Gasteiger partial charge in [-0.25, -0.2) is 4.98 Å². The third-order valence-corrected chi connectivity index (χ3v) is 4.14. The van der Waals surface area contributed by atoms with E-state index in [9.17, 15) is 0 Å². The third-order valence-electron chi connectivity index (χ3n) is 4.14. The smallest absolute Gasteiger partial charge is 0.140 e. The first-order chi connectivity index (χ1) is 11.9. The van der Waals surface area contributed by atoms with Crippen molar-refractivity contribution in [3.8, 4) is 22.6 Å². The largest absolute Gasteiger partial charge is 0.320 e. The fraction of sp³-hybridized carbons (Fsp3) is 0.0455. The van der Waals surface area contributed by atoms with Crippen LogP contribution in [0.2, 0.25) is 0 Å². The molecule has 0 amide bonds. The van der Waals surface area contributed by atoms with E-state index in [0.717, 1.165) is 23.6 Å². The Morgan fingerprint density at radius 2 is 1.17 bits per heavy atom. The van der Waals surface area contributed by atoms with E-state index in [1.165, 1.54) is 11.1 Å². The minimum atomic E-state index is 0.801. The lowest BCUT2D eigenvalue weighted by molar-refractivity contribution is 0.814. The summed E-state index contributed by atoms with van der Waals surface area (Å²) in [5.41, 5.74) is 4.72. The molecule has 0 aliphatic heterocycles. The van der Waals surface area contributed by atoms with E-state index < -0.39 is 0 Å². The fourth-order valence-corrected chi connectivity index (χ4v) is 2.96. The van der Waals surface area contributed by atoms with Crippen molar-refractivity contribution in [3.05, 3.63) is 103 Å². The standard InChI is InChI=1S/C22H18N2/c1-4-10-18(11-5-1)17-24-21(19-12-6-2-7-13-19)16-23-22(24)20-14-8-3-9-15-20/h1-16H,17H2. The lowest BCUT2D eigenvalue weighted by Gasteiger charge is -2.13. The number of hydrogen-bond acceptors (Lipinski definition) is 1. The van der Waals surface area contributed by atoms with E-state index in [1.807, 2.05) is 24.4 Å². The third kappa shape index (κ3) is 2.86. The van der Waals surface area contributed by atoms with Gasteiger partial charge in [-0.05, 0) is 11.1 Å². The van der Waals surface area contributed by atoms with Crippen LogP contribution >= 0.6 is 0 Å². The Bertz CT molecular complexity index is 853. The second-order valence-corrected chi connectivity index (χ2v) is 5.77. The predicted octanol–water partition coefficient (Wildman–Crippen LogP) is 5.27. The Labute approximate surface area is 142 Å². The van der Waals surface area contributed by atoms with Crippen molar-refractivity contribution in [3.63, 3.8) is 0 Å². The van der Waals surface area contributed by atoms with Crippen LogP contribution in [0.1, 0.15) is 5.56 Å². The second kappa shape index (κ2) is 6.55. The van der Waals surface area contributed by atoms with Crippen LogP contribution in [0.4, 0.5) is 0 Å². The minimum Gasteiger partial charge on any atom is -0.320 e. The molecule has 0 aliphatic rings. The molecule has 0 fully saturated rings. The van der Waals surface area contributed by atoms with E-state index in [2.05, 4.69) is 77.4 Å². The molecule has 0 saturated carbocycles. The van der Waals surface area contributed by atoms with Gasteiger partial charge in [0.2, 0.25) is 0 Å². The molecule has 4 aromatic rings. The molecule has 0 radical (unpaired) electrons. The normalized spacial score (nSPS) is 10.7. The van der Waals surface area contributed by atoms with Gasteiger partial charge in [0.1, 0.15) is 5.82 Å². The Balaban J connectivity index is 1.85. The zero-order chi connectivity index (χ0) is 16.2. The molecule has 0 spiro atoms. The Morgan fingerprint density at radius 1 is 0.625 bits per heavy atom. The topological polar surface area (TPSA) is 17.8 Å². The highest BCUT2D eigenvalue weighted by atomic mass is 15.1. The Morgan fingerprint density at radius 3 is 1.79 bits per heavy atom. The Hall–Kier alpha value is -3.13. The first kappa shape index (κ1) is 14.5. The van der Waals surface area contributed by atoms with Crippen LogP contribution in [0.15, 0.2) is 97.2 Å². The lowest BCUT2D eigenvalue weighted by Crippen LogP contribution is -2.04. The molecular weight excluding hydrogens is 292 g/mol. The number of imidazole rings is 1. The maximum absolute atomic E-state index is 4.72. The molecule has 24 heavy (non-hydrogen) atoms. The monoisotopic (exact) mass is 310 g/mol. The zero-order valence-electron chi connectivity index (χ0n) is 13.3. The summed E-state index contributed by atoms with van der Waals surface area (Å²) in [6, 6.07) is 31.3. The number of aromatic nitrogens is 2. The van der Waals surface area contributed by atoms with E-state index in [4.69, 9.17) is 4.98 Å². The summed E-state index contributed by atoms with van der Waals surface area (Å²) in [6.45, 7) is 0.801. The van der Waals surface area contributed by atoms with Gasteiger partial charge in [-0.2, -0.15) is 0 Å².